The lowest BCUT2D eigenvalue weighted by Crippen LogP contribution is -2.33. The van der Waals surface area contributed by atoms with E-state index in [4.69, 9.17) is 9.84 Å². The van der Waals surface area contributed by atoms with Crippen LogP contribution in [0.3, 0.4) is 0 Å². The number of benzene rings is 2. The van der Waals surface area contributed by atoms with Crippen LogP contribution in [0.2, 0.25) is 0 Å². The molecule has 0 radical (unpaired) electrons. The van der Waals surface area contributed by atoms with Crippen LogP contribution in [-0.2, 0) is 11.4 Å². The highest BCUT2D eigenvalue weighted by molar-refractivity contribution is 7.99. The van der Waals surface area contributed by atoms with Crippen LogP contribution in [-0.4, -0.2) is 22.9 Å². The molecule has 1 aliphatic rings. The average molecular weight is 357 g/mol. The van der Waals surface area contributed by atoms with Gasteiger partial charge in [-0.2, -0.15) is 0 Å². The normalized spacial score (nSPS) is 19.8. The highest BCUT2D eigenvalue weighted by atomic mass is 32.2. The van der Waals surface area contributed by atoms with E-state index in [0.29, 0.717) is 12.4 Å². The Hall–Kier alpha value is -1.98. The van der Waals surface area contributed by atoms with E-state index in [2.05, 4.69) is 38.2 Å². The Bertz CT molecular complexity index is 750. The number of ether oxygens (including phenoxy) is 1. The zero-order valence-corrected chi connectivity index (χ0v) is 15.5. The molecule has 5 heteroatoms. The summed E-state index contributed by atoms with van der Waals surface area (Å²) in [5, 5.41) is 12.2. The van der Waals surface area contributed by atoms with E-state index in [1.54, 1.807) is 11.8 Å². The summed E-state index contributed by atoms with van der Waals surface area (Å²) in [5.41, 5.74) is 6.07. The second-order valence-electron chi connectivity index (χ2n) is 6.51. The molecule has 0 spiro atoms. The lowest BCUT2D eigenvalue weighted by molar-refractivity contribution is -0.138. The molecule has 0 aromatic heterocycles. The third-order valence-electron chi connectivity index (χ3n) is 4.49. The van der Waals surface area contributed by atoms with Crippen molar-refractivity contribution in [3.63, 3.8) is 0 Å². The SMILES string of the molecule is Cc1cc(C)c(COc2ccc([C@@H]3N[C@H](C(=O)O)CS3)cc2)c(C)c1. The van der Waals surface area contributed by atoms with Crippen molar-refractivity contribution in [1.82, 2.24) is 5.32 Å². The summed E-state index contributed by atoms with van der Waals surface area (Å²) in [6.07, 6.45) is 0. The largest absolute Gasteiger partial charge is 0.489 e. The Kier molecular flexibility index (Phi) is 5.35. The maximum absolute atomic E-state index is 11.0. The number of carboxylic acids is 1. The summed E-state index contributed by atoms with van der Waals surface area (Å²) >= 11 is 1.62. The van der Waals surface area contributed by atoms with Gasteiger partial charge in [-0.05, 0) is 55.2 Å². The minimum absolute atomic E-state index is 0.0248. The van der Waals surface area contributed by atoms with Crippen LogP contribution < -0.4 is 10.1 Å². The summed E-state index contributed by atoms with van der Waals surface area (Å²) in [7, 11) is 0. The summed E-state index contributed by atoms with van der Waals surface area (Å²) in [6, 6.07) is 11.8. The van der Waals surface area contributed by atoms with Gasteiger partial charge in [-0.1, -0.05) is 29.8 Å². The molecule has 4 nitrogen and oxygen atoms in total. The molecule has 132 valence electrons. The number of aryl methyl sites for hydroxylation is 3. The molecule has 0 amide bonds. The van der Waals surface area contributed by atoms with Crippen molar-refractivity contribution in [2.24, 2.45) is 0 Å². The van der Waals surface area contributed by atoms with Gasteiger partial charge >= 0.3 is 5.97 Å². The van der Waals surface area contributed by atoms with Crippen LogP contribution in [0.5, 0.6) is 5.75 Å². The Morgan fingerprint density at radius 1 is 1.20 bits per heavy atom. The Labute approximate surface area is 152 Å². The number of hydrogen-bond acceptors (Lipinski definition) is 4. The standard InChI is InChI=1S/C20H23NO3S/c1-12-8-13(2)17(14(3)9-12)10-24-16-6-4-15(5-7-16)19-21-18(11-25-19)20(22)23/h4-9,18-19,21H,10-11H2,1-3H3,(H,22,23)/t18-,19+/m0/s1. The number of carbonyl (C=O) groups is 1. The third-order valence-corrected chi connectivity index (χ3v) is 5.75. The molecule has 2 atom stereocenters. The van der Waals surface area contributed by atoms with Gasteiger partial charge in [0.15, 0.2) is 0 Å². The number of carboxylic acid groups (broad SMARTS) is 1. The predicted molar refractivity (Wildman–Crippen MR) is 101 cm³/mol. The number of aliphatic carboxylic acids is 1. The van der Waals surface area contributed by atoms with Crippen LogP contribution in [0, 0.1) is 20.8 Å². The fraction of sp³-hybridized carbons (Fsp3) is 0.350. The molecule has 2 aromatic rings. The fourth-order valence-electron chi connectivity index (χ4n) is 3.14. The lowest BCUT2D eigenvalue weighted by Gasteiger charge is -2.14. The summed E-state index contributed by atoms with van der Waals surface area (Å²) in [4.78, 5) is 11.0. The Balaban J connectivity index is 1.63. The lowest BCUT2D eigenvalue weighted by atomic mass is 10.0. The van der Waals surface area contributed by atoms with Crippen LogP contribution >= 0.6 is 11.8 Å². The Morgan fingerprint density at radius 3 is 2.40 bits per heavy atom. The molecule has 2 aromatic carbocycles. The Morgan fingerprint density at radius 2 is 1.84 bits per heavy atom. The van der Waals surface area contributed by atoms with Gasteiger partial charge < -0.3 is 9.84 Å². The molecule has 1 heterocycles. The van der Waals surface area contributed by atoms with Gasteiger partial charge in [-0.25, -0.2) is 0 Å². The quantitative estimate of drug-likeness (QED) is 0.848. The first kappa shape index (κ1) is 17.8. The predicted octanol–water partition coefficient (Wildman–Crippen LogP) is 3.98. The van der Waals surface area contributed by atoms with E-state index in [9.17, 15) is 4.79 Å². The van der Waals surface area contributed by atoms with Crippen molar-refractivity contribution in [1.29, 1.82) is 0 Å². The molecule has 1 saturated heterocycles. The minimum Gasteiger partial charge on any atom is -0.489 e. The van der Waals surface area contributed by atoms with Gasteiger partial charge in [0, 0.05) is 5.75 Å². The van der Waals surface area contributed by atoms with Gasteiger partial charge in [0.25, 0.3) is 0 Å². The molecule has 0 aliphatic carbocycles. The molecular weight excluding hydrogens is 334 g/mol. The van der Waals surface area contributed by atoms with E-state index in [0.717, 1.165) is 11.3 Å². The molecule has 1 fully saturated rings. The highest BCUT2D eigenvalue weighted by Crippen LogP contribution is 2.33. The summed E-state index contributed by atoms with van der Waals surface area (Å²) in [5.74, 6) is 0.615. The van der Waals surface area contributed by atoms with Crippen molar-refractivity contribution in [2.45, 2.75) is 38.8 Å². The third kappa shape index (κ3) is 4.17. The topological polar surface area (TPSA) is 58.6 Å². The van der Waals surface area contributed by atoms with E-state index in [1.165, 1.54) is 22.3 Å². The van der Waals surface area contributed by atoms with Gasteiger partial charge in [0.05, 0.1) is 5.37 Å². The van der Waals surface area contributed by atoms with E-state index >= 15 is 0 Å². The van der Waals surface area contributed by atoms with Gasteiger partial charge in [-0.3, -0.25) is 10.1 Å². The number of thioether (sulfide) groups is 1. The first-order chi connectivity index (χ1) is 11.9. The van der Waals surface area contributed by atoms with Crippen LogP contribution in [0.4, 0.5) is 0 Å². The summed E-state index contributed by atoms with van der Waals surface area (Å²) < 4.78 is 5.95. The second-order valence-corrected chi connectivity index (χ2v) is 7.64. The molecule has 0 saturated carbocycles. The van der Waals surface area contributed by atoms with Gasteiger partial charge in [-0.15, -0.1) is 11.8 Å². The zero-order valence-electron chi connectivity index (χ0n) is 14.7. The van der Waals surface area contributed by atoms with Crippen molar-refractivity contribution in [2.75, 3.05) is 5.75 Å². The molecule has 0 unspecified atom stereocenters. The molecule has 1 aliphatic heterocycles. The monoisotopic (exact) mass is 357 g/mol. The van der Waals surface area contributed by atoms with E-state index in [1.807, 2.05) is 24.3 Å². The number of rotatable bonds is 5. The first-order valence-corrected chi connectivity index (χ1v) is 9.39. The second kappa shape index (κ2) is 7.50. The summed E-state index contributed by atoms with van der Waals surface area (Å²) in [6.45, 7) is 6.88. The highest BCUT2D eigenvalue weighted by Gasteiger charge is 2.30. The molecule has 3 rings (SSSR count). The van der Waals surface area contributed by atoms with Crippen LogP contribution in [0.1, 0.15) is 33.2 Å². The molecule has 2 N–H and O–H groups in total. The number of hydrogen-bond donors (Lipinski definition) is 2. The molecular formula is C20H23NO3S. The van der Waals surface area contributed by atoms with Crippen molar-refractivity contribution >= 4 is 17.7 Å². The van der Waals surface area contributed by atoms with Crippen molar-refractivity contribution in [3.05, 3.63) is 64.2 Å². The smallest absolute Gasteiger partial charge is 0.321 e. The maximum Gasteiger partial charge on any atom is 0.321 e. The van der Waals surface area contributed by atoms with Crippen LogP contribution in [0.25, 0.3) is 0 Å². The zero-order chi connectivity index (χ0) is 18.0. The van der Waals surface area contributed by atoms with E-state index < -0.39 is 12.0 Å². The van der Waals surface area contributed by atoms with Gasteiger partial charge in [0.2, 0.25) is 0 Å². The maximum atomic E-state index is 11.0. The minimum atomic E-state index is -0.793. The molecule has 0 bridgehead atoms. The fourth-order valence-corrected chi connectivity index (χ4v) is 4.37. The van der Waals surface area contributed by atoms with Crippen molar-refractivity contribution in [3.8, 4) is 5.75 Å². The average Bonchev–Trinajstić information content (AvgIpc) is 3.04. The van der Waals surface area contributed by atoms with Gasteiger partial charge in [0.1, 0.15) is 18.4 Å². The van der Waals surface area contributed by atoms with Crippen LogP contribution in [0.15, 0.2) is 36.4 Å². The first-order valence-electron chi connectivity index (χ1n) is 8.34. The van der Waals surface area contributed by atoms with Crippen molar-refractivity contribution < 1.29 is 14.6 Å². The van der Waals surface area contributed by atoms with E-state index in [-0.39, 0.29) is 5.37 Å². The number of nitrogens with one attached hydrogen (secondary N) is 1. The molecule has 25 heavy (non-hydrogen) atoms.